The van der Waals surface area contributed by atoms with E-state index in [0.29, 0.717) is 11.8 Å². The van der Waals surface area contributed by atoms with Crippen molar-refractivity contribution in [3.63, 3.8) is 0 Å². The van der Waals surface area contributed by atoms with Crippen LogP contribution in [-0.4, -0.2) is 30.1 Å². The molecule has 0 aliphatic carbocycles. The summed E-state index contributed by atoms with van der Waals surface area (Å²) in [5, 5.41) is 9.16. The van der Waals surface area contributed by atoms with Gasteiger partial charge in [0, 0.05) is 30.5 Å². The lowest BCUT2D eigenvalue weighted by Gasteiger charge is -2.23. The van der Waals surface area contributed by atoms with Crippen molar-refractivity contribution in [1.82, 2.24) is 5.48 Å². The number of halogens is 2. The van der Waals surface area contributed by atoms with Gasteiger partial charge in [-0.1, -0.05) is 25.5 Å². The summed E-state index contributed by atoms with van der Waals surface area (Å²) in [6.45, 7) is 3.66. The van der Waals surface area contributed by atoms with Crippen molar-refractivity contribution in [2.75, 3.05) is 29.7 Å². The van der Waals surface area contributed by atoms with E-state index < -0.39 is 0 Å². The van der Waals surface area contributed by atoms with Crippen LogP contribution in [-0.2, 0) is 0 Å². The summed E-state index contributed by atoms with van der Waals surface area (Å²) in [7, 11) is 0. The summed E-state index contributed by atoms with van der Waals surface area (Å²) in [6, 6.07) is 8.17. The van der Waals surface area contributed by atoms with Crippen LogP contribution < -0.4 is 10.4 Å². The first-order chi connectivity index (χ1) is 9.26. The lowest BCUT2D eigenvalue weighted by Crippen LogP contribution is -2.27. The van der Waals surface area contributed by atoms with E-state index >= 15 is 0 Å². The van der Waals surface area contributed by atoms with Gasteiger partial charge < -0.3 is 10.1 Å². The van der Waals surface area contributed by atoms with Crippen LogP contribution in [0.5, 0.6) is 0 Å². The Morgan fingerprint density at radius 2 is 1.74 bits per heavy atom. The summed E-state index contributed by atoms with van der Waals surface area (Å²) in [4.78, 5) is 2.16. The van der Waals surface area contributed by atoms with E-state index in [0.717, 1.165) is 37.2 Å². The molecule has 0 saturated heterocycles. The second-order valence-corrected chi connectivity index (χ2v) is 5.18. The molecular formula is C14H22Cl2N2O. The molecule has 0 fully saturated rings. The van der Waals surface area contributed by atoms with Crippen molar-refractivity contribution in [2.24, 2.45) is 0 Å². The van der Waals surface area contributed by atoms with Gasteiger partial charge in [0.1, 0.15) is 0 Å². The number of rotatable bonds is 9. The van der Waals surface area contributed by atoms with Crippen LogP contribution in [0.1, 0.15) is 31.4 Å². The zero-order valence-electron chi connectivity index (χ0n) is 11.3. The van der Waals surface area contributed by atoms with Gasteiger partial charge in [0.05, 0.1) is 6.04 Å². The van der Waals surface area contributed by atoms with Crippen LogP contribution in [0.3, 0.4) is 0 Å². The Morgan fingerprint density at radius 3 is 2.16 bits per heavy atom. The Hall–Kier alpha value is -0.480. The Balaban J connectivity index is 2.78. The number of hydrogen-bond donors (Lipinski definition) is 2. The summed E-state index contributed by atoms with van der Waals surface area (Å²) >= 11 is 11.6. The van der Waals surface area contributed by atoms with Crippen molar-refractivity contribution in [1.29, 1.82) is 0 Å². The minimum absolute atomic E-state index is 0.00597. The third-order valence-electron chi connectivity index (χ3n) is 3.10. The van der Waals surface area contributed by atoms with Crippen molar-refractivity contribution >= 4 is 28.9 Å². The largest absolute Gasteiger partial charge is 0.369 e. The standard InChI is InChI=1S/C14H22Cl2N2O/c1-2-3-14(17-19)12-4-6-13(7-5-12)18(10-8-15)11-9-16/h4-7,14,17,19H,2-3,8-11H2,1H3. The predicted molar refractivity (Wildman–Crippen MR) is 82.7 cm³/mol. The molecule has 1 atom stereocenters. The molecule has 2 N–H and O–H groups in total. The monoisotopic (exact) mass is 304 g/mol. The van der Waals surface area contributed by atoms with Crippen LogP contribution in [0.4, 0.5) is 5.69 Å². The number of hydrogen-bond acceptors (Lipinski definition) is 3. The highest BCUT2D eigenvalue weighted by Gasteiger charge is 2.10. The van der Waals surface area contributed by atoms with Gasteiger partial charge in [-0.05, 0) is 24.1 Å². The van der Waals surface area contributed by atoms with Gasteiger partial charge >= 0.3 is 0 Å². The average molecular weight is 305 g/mol. The third kappa shape index (κ3) is 5.19. The quantitative estimate of drug-likeness (QED) is 0.538. The molecule has 1 aromatic rings. The topological polar surface area (TPSA) is 35.5 Å². The van der Waals surface area contributed by atoms with E-state index in [4.69, 9.17) is 28.4 Å². The van der Waals surface area contributed by atoms with Gasteiger partial charge in [0.15, 0.2) is 0 Å². The number of alkyl halides is 2. The highest BCUT2D eigenvalue weighted by atomic mass is 35.5. The Bertz CT molecular complexity index is 340. The molecule has 0 amide bonds. The molecule has 1 rings (SSSR count). The molecule has 0 bridgehead atoms. The maximum absolute atomic E-state index is 9.16. The first-order valence-electron chi connectivity index (χ1n) is 6.63. The van der Waals surface area contributed by atoms with E-state index in [-0.39, 0.29) is 6.04 Å². The second kappa shape index (κ2) is 9.43. The van der Waals surface area contributed by atoms with Gasteiger partial charge in [-0.2, -0.15) is 5.48 Å². The molecule has 1 unspecified atom stereocenters. The zero-order chi connectivity index (χ0) is 14.1. The van der Waals surface area contributed by atoms with Crippen molar-refractivity contribution in [3.05, 3.63) is 29.8 Å². The minimum atomic E-state index is -0.00597. The summed E-state index contributed by atoms with van der Waals surface area (Å²) in [6.07, 6.45) is 1.92. The number of benzene rings is 1. The van der Waals surface area contributed by atoms with Crippen molar-refractivity contribution < 1.29 is 5.21 Å². The van der Waals surface area contributed by atoms with Gasteiger partial charge in [0.25, 0.3) is 0 Å². The molecule has 0 aliphatic rings. The molecule has 0 aliphatic heterocycles. The number of hydroxylamine groups is 1. The van der Waals surface area contributed by atoms with Gasteiger partial charge in [-0.15, -0.1) is 23.2 Å². The second-order valence-electron chi connectivity index (χ2n) is 4.43. The summed E-state index contributed by atoms with van der Waals surface area (Å²) in [5.41, 5.74) is 4.56. The molecule has 0 heterocycles. The Kier molecular flexibility index (Phi) is 8.22. The molecule has 0 radical (unpaired) electrons. The van der Waals surface area contributed by atoms with Crippen LogP contribution in [0.15, 0.2) is 24.3 Å². The van der Waals surface area contributed by atoms with Gasteiger partial charge in [-0.3, -0.25) is 0 Å². The zero-order valence-corrected chi connectivity index (χ0v) is 12.8. The SMILES string of the molecule is CCCC(NO)c1ccc(N(CCCl)CCCl)cc1. The first kappa shape index (κ1) is 16.6. The normalized spacial score (nSPS) is 12.4. The van der Waals surface area contributed by atoms with E-state index in [9.17, 15) is 0 Å². The van der Waals surface area contributed by atoms with Crippen molar-refractivity contribution in [3.8, 4) is 0 Å². The molecule has 3 nitrogen and oxygen atoms in total. The van der Waals surface area contributed by atoms with E-state index in [2.05, 4.69) is 29.4 Å². The fraction of sp³-hybridized carbons (Fsp3) is 0.571. The first-order valence-corrected chi connectivity index (χ1v) is 7.70. The highest BCUT2D eigenvalue weighted by molar-refractivity contribution is 6.18. The maximum atomic E-state index is 9.16. The molecule has 0 saturated carbocycles. The molecule has 0 spiro atoms. The lowest BCUT2D eigenvalue weighted by atomic mass is 10.0. The fourth-order valence-electron chi connectivity index (χ4n) is 2.09. The Morgan fingerprint density at radius 1 is 1.16 bits per heavy atom. The minimum Gasteiger partial charge on any atom is -0.369 e. The third-order valence-corrected chi connectivity index (χ3v) is 3.44. The number of nitrogens with one attached hydrogen (secondary N) is 1. The fourth-order valence-corrected chi connectivity index (χ4v) is 2.49. The molecule has 19 heavy (non-hydrogen) atoms. The lowest BCUT2D eigenvalue weighted by molar-refractivity contribution is 0.121. The predicted octanol–water partition coefficient (Wildman–Crippen LogP) is 3.79. The van der Waals surface area contributed by atoms with E-state index in [1.165, 1.54) is 0 Å². The van der Waals surface area contributed by atoms with Crippen LogP contribution in [0.25, 0.3) is 0 Å². The van der Waals surface area contributed by atoms with Crippen LogP contribution in [0.2, 0.25) is 0 Å². The number of nitrogens with zero attached hydrogens (tertiary/aromatic N) is 1. The summed E-state index contributed by atoms with van der Waals surface area (Å²) < 4.78 is 0. The number of anilines is 1. The highest BCUT2D eigenvalue weighted by Crippen LogP contribution is 2.22. The summed E-state index contributed by atoms with van der Waals surface area (Å²) in [5.74, 6) is 1.16. The molecule has 108 valence electrons. The smallest absolute Gasteiger partial charge is 0.0568 e. The van der Waals surface area contributed by atoms with E-state index in [1.807, 2.05) is 12.1 Å². The van der Waals surface area contributed by atoms with Crippen LogP contribution >= 0.6 is 23.2 Å². The molecule has 0 aromatic heterocycles. The molecular weight excluding hydrogens is 283 g/mol. The Labute approximate surface area is 125 Å². The van der Waals surface area contributed by atoms with Gasteiger partial charge in [0.2, 0.25) is 0 Å². The molecule has 1 aromatic carbocycles. The van der Waals surface area contributed by atoms with E-state index in [1.54, 1.807) is 0 Å². The average Bonchev–Trinajstić information content (AvgIpc) is 2.45. The van der Waals surface area contributed by atoms with Crippen LogP contribution in [0, 0.1) is 0 Å². The van der Waals surface area contributed by atoms with Crippen molar-refractivity contribution in [2.45, 2.75) is 25.8 Å². The van der Waals surface area contributed by atoms with Gasteiger partial charge in [-0.25, -0.2) is 0 Å². The molecule has 5 heteroatoms. The maximum Gasteiger partial charge on any atom is 0.0568 e.